The minimum Gasteiger partial charge on any atom is -0.323 e. The minimum absolute atomic E-state index is 0.000414. The number of aryl methyl sites for hydroxylation is 1. The number of rotatable bonds is 3. The number of carbonyl (C=O) groups is 2. The third kappa shape index (κ3) is 2.97. The summed E-state index contributed by atoms with van der Waals surface area (Å²) >= 11 is 1.48. The van der Waals surface area contributed by atoms with E-state index in [0.29, 0.717) is 18.5 Å². The number of hydrogen-bond acceptors (Lipinski definition) is 5. The number of thioether (sulfide) groups is 1. The number of fused-ring (bicyclic) bond motifs is 4. The molecule has 0 saturated carbocycles. The molecule has 162 valence electrons. The molecule has 0 radical (unpaired) electrons. The van der Waals surface area contributed by atoms with Crippen molar-refractivity contribution in [1.29, 1.82) is 0 Å². The first-order valence-corrected chi connectivity index (χ1v) is 11.9. The molecule has 1 aromatic heterocycles. The maximum atomic E-state index is 13.4. The molecule has 0 bridgehead atoms. The summed E-state index contributed by atoms with van der Waals surface area (Å²) in [6.07, 6.45) is 5.37. The van der Waals surface area contributed by atoms with Gasteiger partial charge in [-0.3, -0.25) is 14.5 Å². The standard InChI is InChI=1S/C24H23N5O2S/c30-21-13-14-24(29(21)18-6-3-4-7-19(18)32-24)23(31)25-17-11-9-16(10-12-17)22-27-26-20-8-2-1-5-15-28(20)22/h3-4,6-7,9-12H,1-2,5,8,13-15H2,(H,25,31). The minimum atomic E-state index is -0.913. The number of hydrogen-bond donors (Lipinski definition) is 1. The van der Waals surface area contributed by atoms with Crippen LogP contribution in [0.3, 0.4) is 0 Å². The fourth-order valence-electron chi connectivity index (χ4n) is 4.93. The van der Waals surface area contributed by atoms with Gasteiger partial charge in [0.1, 0.15) is 5.82 Å². The summed E-state index contributed by atoms with van der Waals surface area (Å²) < 4.78 is 2.22. The highest BCUT2D eigenvalue weighted by Gasteiger charge is 2.57. The first-order chi connectivity index (χ1) is 15.7. The van der Waals surface area contributed by atoms with Crippen LogP contribution in [0.15, 0.2) is 53.4 Å². The van der Waals surface area contributed by atoms with E-state index in [1.54, 1.807) is 4.90 Å². The van der Waals surface area contributed by atoms with Crippen LogP contribution in [-0.2, 0) is 22.6 Å². The number of anilines is 2. The summed E-state index contributed by atoms with van der Waals surface area (Å²) in [5, 5.41) is 11.8. The summed E-state index contributed by atoms with van der Waals surface area (Å²) in [6.45, 7) is 0.945. The lowest BCUT2D eigenvalue weighted by Gasteiger charge is -2.29. The number of aromatic nitrogens is 3. The van der Waals surface area contributed by atoms with Crippen molar-refractivity contribution in [2.75, 3.05) is 10.2 Å². The molecule has 1 saturated heterocycles. The lowest BCUT2D eigenvalue weighted by Crippen LogP contribution is -2.49. The molecule has 1 unspecified atom stereocenters. The maximum Gasteiger partial charge on any atom is 0.261 e. The molecule has 7 nitrogen and oxygen atoms in total. The highest BCUT2D eigenvalue weighted by Crippen LogP contribution is 2.56. The third-order valence-electron chi connectivity index (χ3n) is 6.54. The Labute approximate surface area is 190 Å². The maximum absolute atomic E-state index is 13.4. The Morgan fingerprint density at radius 3 is 2.72 bits per heavy atom. The molecule has 3 aliphatic heterocycles. The van der Waals surface area contributed by atoms with E-state index >= 15 is 0 Å². The molecule has 6 rings (SSSR count). The van der Waals surface area contributed by atoms with Crippen molar-refractivity contribution < 1.29 is 9.59 Å². The van der Waals surface area contributed by atoms with Gasteiger partial charge < -0.3 is 9.88 Å². The lowest BCUT2D eigenvalue weighted by atomic mass is 10.1. The molecule has 0 spiro atoms. The monoisotopic (exact) mass is 445 g/mol. The smallest absolute Gasteiger partial charge is 0.261 e. The van der Waals surface area contributed by atoms with E-state index in [0.717, 1.165) is 53.6 Å². The topological polar surface area (TPSA) is 80.1 Å². The van der Waals surface area contributed by atoms with Gasteiger partial charge in [0.15, 0.2) is 10.7 Å². The molecule has 1 atom stereocenters. The van der Waals surface area contributed by atoms with Gasteiger partial charge in [-0.15, -0.1) is 10.2 Å². The second-order valence-corrected chi connectivity index (χ2v) is 9.84. The summed E-state index contributed by atoms with van der Waals surface area (Å²) in [5.41, 5.74) is 2.53. The van der Waals surface area contributed by atoms with Gasteiger partial charge in [-0.05, 0) is 55.7 Å². The molecular formula is C24H23N5O2S. The van der Waals surface area contributed by atoms with Crippen molar-refractivity contribution in [3.8, 4) is 11.4 Å². The molecule has 2 amide bonds. The summed E-state index contributed by atoms with van der Waals surface area (Å²) in [7, 11) is 0. The number of para-hydroxylation sites is 1. The highest BCUT2D eigenvalue weighted by atomic mass is 32.2. The fourth-order valence-corrected chi connectivity index (χ4v) is 6.34. The van der Waals surface area contributed by atoms with Crippen molar-refractivity contribution in [3.63, 3.8) is 0 Å². The highest BCUT2D eigenvalue weighted by molar-refractivity contribution is 8.02. The molecule has 1 N–H and O–H groups in total. The predicted octanol–water partition coefficient (Wildman–Crippen LogP) is 4.24. The normalized spacial score (nSPS) is 21.6. The Morgan fingerprint density at radius 1 is 1.00 bits per heavy atom. The largest absolute Gasteiger partial charge is 0.323 e. The summed E-state index contributed by atoms with van der Waals surface area (Å²) in [5.74, 6) is 1.78. The van der Waals surface area contributed by atoms with Gasteiger partial charge in [0.2, 0.25) is 5.91 Å². The Hall–Kier alpha value is -3.13. The van der Waals surface area contributed by atoms with Gasteiger partial charge in [0.05, 0.1) is 5.69 Å². The van der Waals surface area contributed by atoms with Gasteiger partial charge in [-0.1, -0.05) is 30.3 Å². The molecule has 4 heterocycles. The van der Waals surface area contributed by atoms with Crippen LogP contribution in [0.5, 0.6) is 0 Å². The van der Waals surface area contributed by atoms with Crippen molar-refractivity contribution in [3.05, 3.63) is 54.4 Å². The van der Waals surface area contributed by atoms with E-state index in [1.807, 2.05) is 48.5 Å². The van der Waals surface area contributed by atoms with E-state index in [2.05, 4.69) is 20.1 Å². The first-order valence-electron chi connectivity index (χ1n) is 11.1. The molecule has 2 aromatic carbocycles. The number of carbonyl (C=O) groups excluding carboxylic acids is 2. The van der Waals surface area contributed by atoms with Gasteiger partial charge in [-0.2, -0.15) is 0 Å². The second kappa shape index (κ2) is 7.48. The molecule has 3 aromatic rings. The average molecular weight is 446 g/mol. The van der Waals surface area contributed by atoms with Gasteiger partial charge >= 0.3 is 0 Å². The molecule has 1 fully saturated rings. The van der Waals surface area contributed by atoms with Crippen LogP contribution in [0, 0.1) is 0 Å². The quantitative estimate of drug-likeness (QED) is 0.652. The summed E-state index contributed by atoms with van der Waals surface area (Å²) in [6, 6.07) is 15.5. The zero-order chi connectivity index (χ0) is 21.7. The number of amides is 2. The van der Waals surface area contributed by atoms with Gasteiger partial charge in [-0.25, -0.2) is 0 Å². The predicted molar refractivity (Wildman–Crippen MR) is 123 cm³/mol. The third-order valence-corrected chi connectivity index (χ3v) is 8.01. The average Bonchev–Trinajstić information content (AvgIpc) is 3.41. The van der Waals surface area contributed by atoms with Crippen LogP contribution in [0.4, 0.5) is 11.4 Å². The van der Waals surface area contributed by atoms with Crippen LogP contribution in [0.2, 0.25) is 0 Å². The number of benzene rings is 2. The van der Waals surface area contributed by atoms with Crippen molar-refractivity contribution in [2.24, 2.45) is 0 Å². The SMILES string of the molecule is O=C1CCC2(C(=O)Nc3ccc(-c4nnc5n4CCCCC5)cc3)Sc3ccccc3N12. The van der Waals surface area contributed by atoms with E-state index in [4.69, 9.17) is 0 Å². The van der Waals surface area contributed by atoms with E-state index in [9.17, 15) is 9.59 Å². The zero-order valence-electron chi connectivity index (χ0n) is 17.6. The van der Waals surface area contributed by atoms with E-state index in [1.165, 1.54) is 18.2 Å². The van der Waals surface area contributed by atoms with Crippen molar-refractivity contribution in [1.82, 2.24) is 14.8 Å². The molecule has 3 aliphatic rings. The Morgan fingerprint density at radius 2 is 1.84 bits per heavy atom. The van der Waals surface area contributed by atoms with Crippen LogP contribution in [-0.4, -0.2) is 31.4 Å². The van der Waals surface area contributed by atoms with Crippen molar-refractivity contribution in [2.45, 2.75) is 54.8 Å². The lowest BCUT2D eigenvalue weighted by molar-refractivity contribution is -0.121. The van der Waals surface area contributed by atoms with Crippen LogP contribution in [0.25, 0.3) is 11.4 Å². The van der Waals surface area contributed by atoms with Crippen LogP contribution >= 0.6 is 11.8 Å². The summed E-state index contributed by atoms with van der Waals surface area (Å²) in [4.78, 5) is 27.8. The molecular weight excluding hydrogens is 422 g/mol. The second-order valence-electron chi connectivity index (χ2n) is 8.52. The Balaban J connectivity index is 1.24. The molecule has 32 heavy (non-hydrogen) atoms. The van der Waals surface area contributed by atoms with E-state index in [-0.39, 0.29) is 11.8 Å². The van der Waals surface area contributed by atoms with Gasteiger partial charge in [0, 0.05) is 35.5 Å². The Kier molecular flexibility index (Phi) is 4.57. The van der Waals surface area contributed by atoms with E-state index < -0.39 is 4.87 Å². The molecule has 8 heteroatoms. The fraction of sp³-hybridized carbons (Fsp3) is 0.333. The Bertz CT molecular complexity index is 1220. The van der Waals surface area contributed by atoms with Crippen LogP contribution < -0.4 is 10.2 Å². The van der Waals surface area contributed by atoms with Crippen LogP contribution in [0.1, 0.15) is 37.9 Å². The van der Waals surface area contributed by atoms with Gasteiger partial charge in [0.25, 0.3) is 5.91 Å². The molecule has 0 aliphatic carbocycles. The number of nitrogens with one attached hydrogen (secondary N) is 1. The zero-order valence-corrected chi connectivity index (χ0v) is 18.4. The first kappa shape index (κ1) is 19.5. The van der Waals surface area contributed by atoms with Crippen molar-refractivity contribution >= 4 is 35.0 Å². The number of nitrogens with zero attached hydrogens (tertiary/aromatic N) is 4.